The summed E-state index contributed by atoms with van der Waals surface area (Å²) in [4.78, 5) is 0. The molecule has 4 aliphatic carbocycles. The highest BCUT2D eigenvalue weighted by Crippen LogP contribution is 2.45. The van der Waals surface area contributed by atoms with Crippen molar-refractivity contribution in [2.24, 2.45) is 23.7 Å². The van der Waals surface area contributed by atoms with Crippen molar-refractivity contribution in [1.29, 1.82) is 0 Å². The Hall–Kier alpha value is -8.16. The maximum absolute atomic E-state index is 14.8. The van der Waals surface area contributed by atoms with Crippen LogP contribution in [0.5, 0.6) is 23.0 Å². The van der Waals surface area contributed by atoms with Crippen molar-refractivity contribution in [2.75, 3.05) is 53.1 Å². The van der Waals surface area contributed by atoms with Crippen molar-refractivity contribution in [3.8, 4) is 67.5 Å². The molecule has 0 spiro atoms. The van der Waals surface area contributed by atoms with Crippen molar-refractivity contribution < 1.29 is 89.2 Å². The Morgan fingerprint density at radius 1 is 0.250 bits per heavy atom. The molecule has 20 heteroatoms. The number of benzene rings is 8. The van der Waals surface area contributed by atoms with Crippen molar-refractivity contribution in [3.63, 3.8) is 0 Å². The Balaban J connectivity index is 0.000000171. The van der Waals surface area contributed by atoms with E-state index in [1.165, 1.54) is 88.5 Å². The lowest BCUT2D eigenvalue weighted by Crippen LogP contribution is -2.13. The third kappa shape index (κ3) is 24.0. The average molecular weight is 1580 g/mol. The summed E-state index contributed by atoms with van der Waals surface area (Å²) in [6.07, 6.45) is 25.1. The van der Waals surface area contributed by atoms with E-state index in [1.54, 1.807) is 24.3 Å². The first kappa shape index (κ1) is 87.8. The number of hydrogen-bond donors (Lipinski definition) is 0. The molecule has 4 aliphatic rings. The van der Waals surface area contributed by atoms with Crippen LogP contribution in [-0.4, -0.2) is 53.1 Å². The van der Waals surface area contributed by atoms with Gasteiger partial charge in [-0.05, 0) is 267 Å². The first-order valence-electron chi connectivity index (χ1n) is 40.0. The highest BCUT2D eigenvalue weighted by molar-refractivity contribution is 5.69. The first-order chi connectivity index (χ1) is 54.1. The van der Waals surface area contributed by atoms with Crippen molar-refractivity contribution in [1.82, 2.24) is 0 Å². The zero-order valence-corrected chi connectivity index (χ0v) is 64.5. The van der Waals surface area contributed by atoms with Gasteiger partial charge in [-0.3, -0.25) is 8.78 Å². The summed E-state index contributed by atoms with van der Waals surface area (Å²) in [5.41, 5.74) is 4.79. The molecule has 0 bridgehead atoms. The summed E-state index contributed by atoms with van der Waals surface area (Å²) >= 11 is 0. The Labute approximate surface area is 649 Å². The van der Waals surface area contributed by atoms with Gasteiger partial charge >= 0.3 is 0 Å². The molecular weight excluding hydrogens is 1470 g/mol. The molecule has 4 nitrogen and oxygen atoms in total. The van der Waals surface area contributed by atoms with E-state index in [-0.39, 0.29) is 70.6 Å². The Morgan fingerprint density at radius 2 is 0.464 bits per heavy atom. The molecule has 0 radical (unpaired) electrons. The minimum atomic E-state index is -0.972. The molecule has 0 unspecified atom stereocenters. The van der Waals surface area contributed by atoms with Gasteiger partial charge in [0.15, 0.2) is 69.5 Å². The maximum atomic E-state index is 14.8. The Bertz CT molecular complexity index is 4180. The van der Waals surface area contributed by atoms with Gasteiger partial charge in [0.1, 0.15) is 49.8 Å². The van der Waals surface area contributed by atoms with Crippen LogP contribution in [-0.2, 0) is 0 Å². The standard InChI is InChI=1S/C24H28F4O.2C23H26F4O.C22H24F4O/c1-2-4-16-5-7-17(8-6-16)18-9-10-20(21(26)13-18)19-14-22(27)24(23(28)15-19)29-12-3-11-25;1-2-15-4-6-16(7-5-15)17-8-9-19(20(25)12-17)18-13-21(26)23(22(27)14-18)28-11-3-10-24;1-2-3-15-4-6-16(7-5-15)17-8-9-19(20(25)12-17)18-13-21(26)23(22(27)14-18)28-11-10-24;1-2-14-3-5-15(6-4-14)16-7-8-18(19(24)11-16)17-12-20(25)22(21(26)13-17)27-10-9-23/h9-10,13-17H,2-8,11-12H2,1H3;2*8-9,12-16H,2-7,10-11H2,1H3;7-8,11-15H,2-6,9-10H2,1H3. The van der Waals surface area contributed by atoms with E-state index in [0.717, 1.165) is 172 Å². The fourth-order valence-corrected chi connectivity index (χ4v) is 16.4. The van der Waals surface area contributed by atoms with Crippen LogP contribution in [0.1, 0.15) is 228 Å². The predicted octanol–water partition coefficient (Wildman–Crippen LogP) is 28.8. The van der Waals surface area contributed by atoms with E-state index in [1.807, 2.05) is 24.3 Å². The van der Waals surface area contributed by atoms with E-state index in [2.05, 4.69) is 27.7 Å². The molecule has 0 N–H and O–H groups in total. The summed E-state index contributed by atoms with van der Waals surface area (Å²) in [5.74, 6) is -7.50. The fraction of sp³-hybridized carbons (Fsp3) is 0.478. The Morgan fingerprint density at radius 3 is 0.652 bits per heavy atom. The summed E-state index contributed by atoms with van der Waals surface area (Å²) < 4.78 is 240. The van der Waals surface area contributed by atoms with Gasteiger partial charge in [0.25, 0.3) is 0 Å². The molecule has 0 saturated heterocycles. The molecule has 0 aromatic heterocycles. The summed E-state index contributed by atoms with van der Waals surface area (Å²) in [6, 6.07) is 28.0. The molecule has 0 aliphatic heterocycles. The van der Waals surface area contributed by atoms with E-state index < -0.39 is 133 Å². The second-order valence-corrected chi connectivity index (χ2v) is 30.2. The van der Waals surface area contributed by atoms with E-state index in [9.17, 15) is 70.2 Å². The lowest BCUT2D eigenvalue weighted by atomic mass is 9.77. The molecule has 8 aromatic carbocycles. The maximum Gasteiger partial charge on any atom is 0.190 e. The molecular formula is C92H104F16O4. The van der Waals surface area contributed by atoms with Crippen LogP contribution in [0, 0.1) is 93.5 Å². The molecule has 0 atom stereocenters. The molecule has 4 fully saturated rings. The fourth-order valence-electron chi connectivity index (χ4n) is 16.4. The molecule has 608 valence electrons. The average Bonchev–Trinajstić information content (AvgIpc) is 0.811. The third-order valence-corrected chi connectivity index (χ3v) is 22.7. The third-order valence-electron chi connectivity index (χ3n) is 22.7. The topological polar surface area (TPSA) is 36.9 Å². The molecule has 0 amide bonds. The van der Waals surface area contributed by atoms with Crippen LogP contribution >= 0.6 is 0 Å². The van der Waals surface area contributed by atoms with Gasteiger partial charge in [-0.1, -0.05) is 115 Å². The van der Waals surface area contributed by atoms with Crippen LogP contribution in [0.2, 0.25) is 0 Å². The van der Waals surface area contributed by atoms with Gasteiger partial charge in [0.2, 0.25) is 0 Å². The van der Waals surface area contributed by atoms with E-state index in [4.69, 9.17) is 18.9 Å². The lowest BCUT2D eigenvalue weighted by Gasteiger charge is -2.28. The largest absolute Gasteiger partial charge is 0.488 e. The molecule has 0 heterocycles. The van der Waals surface area contributed by atoms with Gasteiger partial charge in [0.05, 0.1) is 26.6 Å². The summed E-state index contributed by atoms with van der Waals surface area (Å²) in [7, 11) is 0. The van der Waals surface area contributed by atoms with Crippen molar-refractivity contribution in [3.05, 3.63) is 213 Å². The van der Waals surface area contributed by atoms with Gasteiger partial charge in [-0.2, -0.15) is 0 Å². The van der Waals surface area contributed by atoms with Crippen LogP contribution in [0.15, 0.2) is 121 Å². The van der Waals surface area contributed by atoms with Crippen molar-refractivity contribution in [2.45, 2.75) is 205 Å². The first-order valence-corrected chi connectivity index (χ1v) is 40.0. The van der Waals surface area contributed by atoms with Gasteiger partial charge in [0, 0.05) is 35.1 Å². The van der Waals surface area contributed by atoms with Gasteiger partial charge < -0.3 is 18.9 Å². The number of hydrogen-bond acceptors (Lipinski definition) is 4. The minimum Gasteiger partial charge on any atom is -0.488 e. The summed E-state index contributed by atoms with van der Waals surface area (Å²) in [5, 5.41) is 0. The van der Waals surface area contributed by atoms with Crippen LogP contribution in [0.4, 0.5) is 70.2 Å². The summed E-state index contributed by atoms with van der Waals surface area (Å²) in [6.45, 7) is 4.75. The minimum absolute atomic E-state index is 0.0525. The Kier molecular flexibility index (Phi) is 34.4. The highest BCUT2D eigenvalue weighted by atomic mass is 19.2. The predicted molar refractivity (Wildman–Crippen MR) is 411 cm³/mol. The zero-order valence-electron chi connectivity index (χ0n) is 64.5. The smallest absolute Gasteiger partial charge is 0.190 e. The second-order valence-electron chi connectivity index (χ2n) is 30.2. The quantitative estimate of drug-likeness (QED) is 0.0362. The van der Waals surface area contributed by atoms with Gasteiger partial charge in [-0.25, -0.2) is 61.5 Å². The van der Waals surface area contributed by atoms with Crippen molar-refractivity contribution >= 4 is 0 Å². The normalized spacial score (nSPS) is 19.6. The zero-order chi connectivity index (χ0) is 80.4. The van der Waals surface area contributed by atoms with Gasteiger partial charge in [-0.15, -0.1) is 0 Å². The number of halogens is 16. The van der Waals surface area contributed by atoms with Crippen LogP contribution in [0.25, 0.3) is 44.5 Å². The van der Waals surface area contributed by atoms with E-state index >= 15 is 0 Å². The van der Waals surface area contributed by atoms with Crippen LogP contribution in [0.3, 0.4) is 0 Å². The molecule has 4 saturated carbocycles. The second kappa shape index (κ2) is 43.9. The number of rotatable bonds is 28. The monoisotopic (exact) mass is 1580 g/mol. The molecule has 8 aromatic rings. The van der Waals surface area contributed by atoms with Crippen LogP contribution < -0.4 is 18.9 Å². The highest BCUT2D eigenvalue weighted by Gasteiger charge is 2.29. The lowest BCUT2D eigenvalue weighted by molar-refractivity contribution is 0.251. The SMILES string of the molecule is CCC1CCC(c2ccc(-c3cc(F)c(OCCCF)c(F)c3)c(F)c2)CC1.CCC1CCC(c2ccc(-c3cc(F)c(OCCF)c(F)c3)c(F)c2)CC1.CCCC1CCC(c2ccc(-c3cc(F)c(OCCCF)c(F)c3)c(F)c2)CC1.CCCC1CCC(c2ccc(-c3cc(F)c(OCCF)c(F)c3)c(F)c2)CC1. The molecule has 112 heavy (non-hydrogen) atoms. The number of alkyl halides is 4. The van der Waals surface area contributed by atoms with E-state index in [0.29, 0.717) is 23.7 Å². The number of ether oxygens (including phenoxy) is 4. The molecule has 12 rings (SSSR count).